The molecule has 0 atom stereocenters. The number of aryl methyl sites for hydroxylation is 1. The van der Waals surface area contributed by atoms with Crippen molar-refractivity contribution >= 4 is 11.4 Å². The molecule has 2 nitrogen and oxygen atoms in total. The largest absolute Gasteiger partial charge is 0.342 e. The Bertz CT molecular complexity index is 629. The van der Waals surface area contributed by atoms with Crippen molar-refractivity contribution in [3.05, 3.63) is 59.4 Å². The predicted octanol–water partition coefficient (Wildman–Crippen LogP) is 4.16. The number of hydrogen-bond donors (Lipinski definition) is 0. The molecule has 0 saturated carbocycles. The number of nitrogens with zero attached hydrogens (tertiary/aromatic N) is 2. The van der Waals surface area contributed by atoms with Gasteiger partial charge in [-0.1, -0.05) is 12.1 Å². The molecule has 2 rings (SSSR count). The minimum Gasteiger partial charge on any atom is -0.342 e. The van der Waals surface area contributed by atoms with Gasteiger partial charge in [0.1, 0.15) is 11.9 Å². The highest BCUT2D eigenvalue weighted by molar-refractivity contribution is 5.64. The van der Waals surface area contributed by atoms with E-state index in [0.29, 0.717) is 0 Å². The van der Waals surface area contributed by atoms with E-state index in [-0.39, 0.29) is 5.56 Å². The van der Waals surface area contributed by atoms with E-state index in [4.69, 9.17) is 5.26 Å². The van der Waals surface area contributed by atoms with Crippen molar-refractivity contribution in [2.45, 2.75) is 13.8 Å². The van der Waals surface area contributed by atoms with Crippen LogP contribution in [0.1, 0.15) is 18.1 Å². The Morgan fingerprint density at radius 3 is 2.47 bits per heavy atom. The highest BCUT2D eigenvalue weighted by Crippen LogP contribution is 2.27. The summed E-state index contributed by atoms with van der Waals surface area (Å²) in [6, 6.07) is 14.6. The number of nitriles is 1. The van der Waals surface area contributed by atoms with Crippen LogP contribution in [0, 0.1) is 24.1 Å². The molecular formula is C16H15FN2. The van der Waals surface area contributed by atoms with Crippen LogP contribution < -0.4 is 4.90 Å². The van der Waals surface area contributed by atoms with E-state index < -0.39 is 5.82 Å². The van der Waals surface area contributed by atoms with E-state index in [1.165, 1.54) is 12.1 Å². The molecule has 19 heavy (non-hydrogen) atoms. The third-order valence-electron chi connectivity index (χ3n) is 3.01. The fourth-order valence-electron chi connectivity index (χ4n) is 2.07. The maximum Gasteiger partial charge on any atom is 0.143 e. The molecule has 0 saturated heterocycles. The average Bonchev–Trinajstić information content (AvgIpc) is 2.40. The summed E-state index contributed by atoms with van der Waals surface area (Å²) in [5.41, 5.74) is 3.00. The van der Waals surface area contributed by atoms with Crippen molar-refractivity contribution in [1.82, 2.24) is 0 Å². The van der Waals surface area contributed by atoms with E-state index in [0.717, 1.165) is 23.5 Å². The molecule has 0 bridgehead atoms. The molecule has 0 heterocycles. The van der Waals surface area contributed by atoms with Crippen LogP contribution >= 0.6 is 0 Å². The molecule has 0 amide bonds. The van der Waals surface area contributed by atoms with Crippen molar-refractivity contribution in [2.75, 3.05) is 11.4 Å². The number of rotatable bonds is 3. The SMILES string of the molecule is CCN(c1cccc(C)c1)c1ccc(C#N)c(F)c1. The molecular weight excluding hydrogens is 239 g/mol. The molecule has 2 aromatic carbocycles. The predicted molar refractivity (Wildman–Crippen MR) is 75.0 cm³/mol. The normalized spacial score (nSPS) is 10.0. The Hall–Kier alpha value is -2.34. The number of anilines is 2. The van der Waals surface area contributed by atoms with Crippen molar-refractivity contribution in [1.29, 1.82) is 5.26 Å². The summed E-state index contributed by atoms with van der Waals surface area (Å²) in [4.78, 5) is 2.01. The van der Waals surface area contributed by atoms with Crippen LogP contribution in [0.25, 0.3) is 0 Å². The van der Waals surface area contributed by atoms with Crippen LogP contribution in [0.3, 0.4) is 0 Å². The number of benzene rings is 2. The van der Waals surface area contributed by atoms with Crippen LogP contribution in [0.15, 0.2) is 42.5 Å². The Balaban J connectivity index is 2.43. The fourth-order valence-corrected chi connectivity index (χ4v) is 2.07. The van der Waals surface area contributed by atoms with Crippen LogP contribution in [0.5, 0.6) is 0 Å². The van der Waals surface area contributed by atoms with Gasteiger partial charge in [0, 0.05) is 17.9 Å². The summed E-state index contributed by atoms with van der Waals surface area (Å²) in [6.07, 6.45) is 0. The quantitative estimate of drug-likeness (QED) is 0.822. The van der Waals surface area contributed by atoms with Crippen molar-refractivity contribution < 1.29 is 4.39 Å². The third-order valence-corrected chi connectivity index (χ3v) is 3.01. The van der Waals surface area contributed by atoms with Gasteiger partial charge in [-0.3, -0.25) is 0 Å². The van der Waals surface area contributed by atoms with Gasteiger partial charge in [-0.25, -0.2) is 4.39 Å². The zero-order valence-corrected chi connectivity index (χ0v) is 11.0. The van der Waals surface area contributed by atoms with E-state index >= 15 is 0 Å². The fraction of sp³-hybridized carbons (Fsp3) is 0.188. The first-order chi connectivity index (χ1) is 9.15. The van der Waals surface area contributed by atoms with Crippen LogP contribution in [0.2, 0.25) is 0 Å². The van der Waals surface area contributed by atoms with Crippen LogP contribution in [0.4, 0.5) is 15.8 Å². The van der Waals surface area contributed by atoms with Gasteiger partial charge >= 0.3 is 0 Å². The summed E-state index contributed by atoms with van der Waals surface area (Å²) < 4.78 is 13.7. The molecule has 0 radical (unpaired) electrons. The lowest BCUT2D eigenvalue weighted by molar-refractivity contribution is 0.623. The Kier molecular flexibility index (Phi) is 3.82. The topological polar surface area (TPSA) is 27.0 Å². The van der Waals surface area contributed by atoms with Crippen LogP contribution in [-0.2, 0) is 0 Å². The molecule has 0 aliphatic carbocycles. The summed E-state index contributed by atoms with van der Waals surface area (Å²) in [5, 5.41) is 8.75. The van der Waals surface area contributed by atoms with Crippen LogP contribution in [-0.4, -0.2) is 6.54 Å². The van der Waals surface area contributed by atoms with E-state index in [2.05, 4.69) is 6.07 Å². The highest BCUT2D eigenvalue weighted by atomic mass is 19.1. The Morgan fingerprint density at radius 2 is 1.89 bits per heavy atom. The van der Waals surface area contributed by atoms with Crippen molar-refractivity contribution in [2.24, 2.45) is 0 Å². The van der Waals surface area contributed by atoms with Gasteiger partial charge in [-0.05, 0) is 49.7 Å². The van der Waals surface area contributed by atoms with Gasteiger partial charge in [-0.15, -0.1) is 0 Å². The average molecular weight is 254 g/mol. The second kappa shape index (κ2) is 5.53. The standard InChI is InChI=1S/C16H15FN2/c1-3-19(14-6-4-5-12(2)9-14)15-8-7-13(11-18)16(17)10-15/h4-10H,3H2,1-2H3. The molecule has 0 aromatic heterocycles. The lowest BCUT2D eigenvalue weighted by atomic mass is 10.1. The van der Waals surface area contributed by atoms with Gasteiger partial charge in [0.25, 0.3) is 0 Å². The smallest absolute Gasteiger partial charge is 0.143 e. The first-order valence-corrected chi connectivity index (χ1v) is 6.19. The molecule has 0 aliphatic rings. The molecule has 0 unspecified atom stereocenters. The lowest BCUT2D eigenvalue weighted by Gasteiger charge is -2.23. The lowest BCUT2D eigenvalue weighted by Crippen LogP contribution is -2.16. The molecule has 96 valence electrons. The minimum atomic E-state index is -0.480. The number of halogens is 1. The van der Waals surface area contributed by atoms with Gasteiger partial charge in [0.2, 0.25) is 0 Å². The second-order valence-electron chi connectivity index (χ2n) is 4.36. The zero-order valence-electron chi connectivity index (χ0n) is 11.0. The number of hydrogen-bond acceptors (Lipinski definition) is 2. The van der Waals surface area contributed by atoms with Gasteiger partial charge in [0.05, 0.1) is 5.56 Å². The van der Waals surface area contributed by atoms with Gasteiger partial charge in [-0.2, -0.15) is 5.26 Å². The Labute approximate surface area is 112 Å². The van der Waals surface area contributed by atoms with E-state index in [1.807, 2.05) is 43.0 Å². The molecule has 3 heteroatoms. The molecule has 0 fully saturated rings. The van der Waals surface area contributed by atoms with E-state index in [1.54, 1.807) is 6.07 Å². The molecule has 2 aromatic rings. The zero-order chi connectivity index (χ0) is 13.8. The summed E-state index contributed by atoms with van der Waals surface area (Å²) >= 11 is 0. The maximum atomic E-state index is 13.7. The minimum absolute atomic E-state index is 0.0732. The monoisotopic (exact) mass is 254 g/mol. The van der Waals surface area contributed by atoms with E-state index in [9.17, 15) is 4.39 Å². The third kappa shape index (κ3) is 2.74. The first-order valence-electron chi connectivity index (χ1n) is 6.19. The Morgan fingerprint density at radius 1 is 1.16 bits per heavy atom. The summed E-state index contributed by atoms with van der Waals surface area (Å²) in [5.74, 6) is -0.480. The maximum absolute atomic E-state index is 13.7. The van der Waals surface area contributed by atoms with Gasteiger partial charge < -0.3 is 4.90 Å². The first kappa shape index (κ1) is 13.1. The van der Waals surface area contributed by atoms with Gasteiger partial charge in [0.15, 0.2) is 0 Å². The molecule has 0 spiro atoms. The summed E-state index contributed by atoms with van der Waals surface area (Å²) in [6.45, 7) is 4.77. The van der Waals surface area contributed by atoms with Crippen molar-refractivity contribution in [3.63, 3.8) is 0 Å². The molecule has 0 aliphatic heterocycles. The molecule has 0 N–H and O–H groups in total. The second-order valence-corrected chi connectivity index (χ2v) is 4.36. The highest BCUT2D eigenvalue weighted by Gasteiger charge is 2.10. The van der Waals surface area contributed by atoms with Crippen molar-refractivity contribution in [3.8, 4) is 6.07 Å². The summed E-state index contributed by atoms with van der Waals surface area (Å²) in [7, 11) is 0.